The minimum atomic E-state index is -1.73. The molecule has 0 spiro atoms. The lowest BCUT2D eigenvalue weighted by Crippen LogP contribution is -2.50. The van der Waals surface area contributed by atoms with Gasteiger partial charge in [0.1, 0.15) is 11.2 Å². The fourth-order valence-electron chi connectivity index (χ4n) is 1.70. The first-order valence-electron chi connectivity index (χ1n) is 5.65. The van der Waals surface area contributed by atoms with Crippen LogP contribution in [0.3, 0.4) is 0 Å². The summed E-state index contributed by atoms with van der Waals surface area (Å²) in [7, 11) is 0. The Hall–Kier alpha value is -2.05. The van der Waals surface area contributed by atoms with Gasteiger partial charge in [-0.05, 0) is 34.6 Å². The van der Waals surface area contributed by atoms with Crippen LogP contribution in [-0.2, 0) is 19.1 Å². The van der Waals surface area contributed by atoms with E-state index in [0.29, 0.717) is 0 Å². The van der Waals surface area contributed by atoms with E-state index >= 15 is 0 Å². The SMILES string of the molecule is CC(=O)C1=C(O)C(=O)OC1(C)NC(=O)OC(C)(C)C. The fourth-order valence-corrected chi connectivity index (χ4v) is 1.70. The lowest BCUT2D eigenvalue weighted by molar-refractivity contribution is -0.149. The normalized spacial score (nSPS) is 23.1. The lowest BCUT2D eigenvalue weighted by atomic mass is 10.0. The molecule has 0 aromatic heterocycles. The van der Waals surface area contributed by atoms with Gasteiger partial charge in [-0.1, -0.05) is 0 Å². The number of hydrogen-bond donors (Lipinski definition) is 2. The molecule has 1 aliphatic heterocycles. The zero-order valence-electron chi connectivity index (χ0n) is 11.5. The van der Waals surface area contributed by atoms with Gasteiger partial charge in [0.2, 0.25) is 11.5 Å². The Kier molecular flexibility index (Phi) is 3.60. The van der Waals surface area contributed by atoms with Crippen molar-refractivity contribution in [3.63, 3.8) is 0 Å². The molecule has 0 bridgehead atoms. The number of ketones is 1. The Labute approximate surface area is 110 Å². The highest BCUT2D eigenvalue weighted by Crippen LogP contribution is 2.30. The summed E-state index contributed by atoms with van der Waals surface area (Å²) in [6.45, 7) is 7.43. The van der Waals surface area contributed by atoms with Gasteiger partial charge in [0.05, 0.1) is 0 Å². The van der Waals surface area contributed by atoms with Gasteiger partial charge in [-0.2, -0.15) is 0 Å². The quantitative estimate of drug-likeness (QED) is 0.731. The fraction of sp³-hybridized carbons (Fsp3) is 0.583. The molecule has 1 atom stereocenters. The first-order chi connectivity index (χ1) is 8.46. The highest BCUT2D eigenvalue weighted by Gasteiger charge is 2.48. The number of carbonyl (C=O) groups excluding carboxylic acids is 3. The Morgan fingerprint density at radius 3 is 2.32 bits per heavy atom. The Balaban J connectivity index is 2.97. The van der Waals surface area contributed by atoms with Gasteiger partial charge in [0, 0.05) is 0 Å². The van der Waals surface area contributed by atoms with Crippen molar-refractivity contribution >= 4 is 17.8 Å². The van der Waals surface area contributed by atoms with Crippen LogP contribution in [0.25, 0.3) is 0 Å². The van der Waals surface area contributed by atoms with Gasteiger partial charge in [-0.3, -0.25) is 10.1 Å². The number of aliphatic hydroxyl groups excluding tert-OH is 1. The number of amides is 1. The minimum absolute atomic E-state index is 0.302. The minimum Gasteiger partial charge on any atom is -0.501 e. The summed E-state index contributed by atoms with van der Waals surface area (Å²) < 4.78 is 9.83. The number of rotatable bonds is 2. The van der Waals surface area contributed by atoms with Crippen LogP contribution in [0.2, 0.25) is 0 Å². The lowest BCUT2D eigenvalue weighted by Gasteiger charge is -2.28. The number of carbonyl (C=O) groups is 3. The largest absolute Gasteiger partial charge is 0.501 e. The zero-order valence-corrected chi connectivity index (χ0v) is 11.5. The van der Waals surface area contributed by atoms with Crippen LogP contribution in [0, 0.1) is 0 Å². The molecule has 106 valence electrons. The number of Topliss-reactive ketones (excluding diaryl/α,β-unsaturated/α-hetero) is 1. The van der Waals surface area contributed by atoms with E-state index in [4.69, 9.17) is 9.47 Å². The molecule has 1 amide bonds. The third kappa shape index (κ3) is 3.24. The number of cyclic esters (lactones) is 1. The maximum Gasteiger partial charge on any atom is 0.411 e. The third-order valence-electron chi connectivity index (χ3n) is 2.30. The van der Waals surface area contributed by atoms with Crippen molar-refractivity contribution < 1.29 is 29.0 Å². The molecule has 0 aromatic rings. The summed E-state index contributed by atoms with van der Waals surface area (Å²) in [5.41, 5.74) is -2.77. The average Bonchev–Trinajstić information content (AvgIpc) is 2.32. The second-order valence-corrected chi connectivity index (χ2v) is 5.33. The van der Waals surface area contributed by atoms with Gasteiger partial charge in [-0.15, -0.1) is 0 Å². The summed E-state index contributed by atoms with van der Waals surface area (Å²) in [5, 5.41) is 11.8. The van der Waals surface area contributed by atoms with E-state index in [2.05, 4.69) is 5.32 Å². The highest BCUT2D eigenvalue weighted by atomic mass is 16.6. The molecule has 0 radical (unpaired) electrons. The standard InChI is InChI=1S/C12H17NO6/c1-6(14)7-8(15)9(16)18-12(7,5)13-10(17)19-11(2,3)4/h15H,1-5H3,(H,13,17). The molecule has 1 rings (SSSR count). The van der Waals surface area contributed by atoms with E-state index in [1.807, 2.05) is 0 Å². The van der Waals surface area contributed by atoms with Crippen molar-refractivity contribution in [3.05, 3.63) is 11.3 Å². The van der Waals surface area contributed by atoms with Gasteiger partial charge < -0.3 is 14.6 Å². The molecule has 0 aliphatic carbocycles. The summed E-state index contributed by atoms with van der Waals surface area (Å²) in [6, 6.07) is 0. The van der Waals surface area contributed by atoms with Crippen LogP contribution in [0.1, 0.15) is 34.6 Å². The number of hydrogen-bond acceptors (Lipinski definition) is 6. The van der Waals surface area contributed by atoms with Crippen molar-refractivity contribution in [3.8, 4) is 0 Å². The molecule has 0 saturated carbocycles. The van der Waals surface area contributed by atoms with Crippen molar-refractivity contribution in [2.45, 2.75) is 45.9 Å². The summed E-state index contributed by atoms with van der Waals surface area (Å²) in [6.07, 6.45) is -0.865. The maximum absolute atomic E-state index is 11.7. The second kappa shape index (κ2) is 4.56. The van der Waals surface area contributed by atoms with Crippen LogP contribution < -0.4 is 5.32 Å². The third-order valence-corrected chi connectivity index (χ3v) is 2.30. The van der Waals surface area contributed by atoms with Gasteiger partial charge in [0.15, 0.2) is 5.78 Å². The van der Waals surface area contributed by atoms with Crippen molar-refractivity contribution in [2.75, 3.05) is 0 Å². The van der Waals surface area contributed by atoms with E-state index in [1.165, 1.54) is 6.92 Å². The van der Waals surface area contributed by atoms with Gasteiger partial charge in [0.25, 0.3) is 0 Å². The molecule has 2 N–H and O–H groups in total. The van der Waals surface area contributed by atoms with E-state index < -0.39 is 34.9 Å². The monoisotopic (exact) mass is 271 g/mol. The van der Waals surface area contributed by atoms with Crippen molar-refractivity contribution in [1.29, 1.82) is 0 Å². The Morgan fingerprint density at radius 1 is 1.37 bits per heavy atom. The molecule has 0 aromatic carbocycles. The number of nitrogens with one attached hydrogen (secondary N) is 1. The van der Waals surface area contributed by atoms with Crippen LogP contribution in [0.5, 0.6) is 0 Å². The van der Waals surface area contributed by atoms with Gasteiger partial charge in [-0.25, -0.2) is 9.59 Å². The molecule has 1 unspecified atom stereocenters. The summed E-state index contributed by atoms with van der Waals surface area (Å²) >= 11 is 0. The summed E-state index contributed by atoms with van der Waals surface area (Å²) in [5.74, 6) is -2.45. The van der Waals surface area contributed by atoms with Crippen LogP contribution >= 0.6 is 0 Å². The van der Waals surface area contributed by atoms with Crippen LogP contribution in [-0.4, -0.2) is 34.3 Å². The topological polar surface area (TPSA) is 102 Å². The molecule has 0 fully saturated rings. The Bertz CT molecular complexity index is 473. The van der Waals surface area contributed by atoms with E-state index in [0.717, 1.165) is 6.92 Å². The molecule has 1 aliphatic rings. The average molecular weight is 271 g/mol. The molecule has 7 heteroatoms. The highest BCUT2D eigenvalue weighted by molar-refractivity contribution is 6.06. The molecular formula is C12H17NO6. The predicted octanol–water partition coefficient (Wildman–Crippen LogP) is 1.19. The number of aliphatic hydroxyl groups is 1. The first kappa shape index (κ1) is 15.0. The van der Waals surface area contributed by atoms with Crippen LogP contribution in [0.15, 0.2) is 11.3 Å². The number of esters is 1. The van der Waals surface area contributed by atoms with Crippen LogP contribution in [0.4, 0.5) is 4.79 Å². The zero-order chi connectivity index (χ0) is 15.0. The molecule has 0 saturated heterocycles. The number of ether oxygens (including phenoxy) is 2. The molecule has 7 nitrogen and oxygen atoms in total. The number of alkyl carbamates (subject to hydrolysis) is 1. The van der Waals surface area contributed by atoms with E-state index in [9.17, 15) is 19.5 Å². The van der Waals surface area contributed by atoms with Crippen molar-refractivity contribution in [2.24, 2.45) is 0 Å². The van der Waals surface area contributed by atoms with Gasteiger partial charge >= 0.3 is 12.1 Å². The first-order valence-corrected chi connectivity index (χ1v) is 5.65. The second-order valence-electron chi connectivity index (χ2n) is 5.33. The molecule has 1 heterocycles. The smallest absolute Gasteiger partial charge is 0.411 e. The summed E-state index contributed by atoms with van der Waals surface area (Å²) in [4.78, 5) is 34.4. The van der Waals surface area contributed by atoms with E-state index in [-0.39, 0.29) is 5.57 Å². The van der Waals surface area contributed by atoms with E-state index in [1.54, 1.807) is 20.8 Å². The molecule has 19 heavy (non-hydrogen) atoms. The maximum atomic E-state index is 11.7. The Morgan fingerprint density at radius 2 is 1.89 bits per heavy atom. The molecular weight excluding hydrogens is 254 g/mol. The van der Waals surface area contributed by atoms with Crippen molar-refractivity contribution in [1.82, 2.24) is 5.32 Å². The predicted molar refractivity (Wildman–Crippen MR) is 64.2 cm³/mol.